The van der Waals surface area contributed by atoms with Crippen molar-refractivity contribution in [3.63, 3.8) is 0 Å². The van der Waals surface area contributed by atoms with Gasteiger partial charge in [0, 0.05) is 33.0 Å². The van der Waals surface area contributed by atoms with Crippen LogP contribution >= 0.6 is 0 Å². The third-order valence-electron chi connectivity index (χ3n) is 10.8. The third-order valence-corrected chi connectivity index (χ3v) is 10.8. The summed E-state index contributed by atoms with van der Waals surface area (Å²) < 4.78 is 6.58. The van der Waals surface area contributed by atoms with Crippen molar-refractivity contribution in [3.05, 3.63) is 174 Å². The first-order valence-electron chi connectivity index (χ1n) is 17.8. The monoisotopic (exact) mass is 667 g/mol. The highest BCUT2D eigenvalue weighted by Gasteiger charge is 2.29. The number of aromatic nitrogens is 3. The van der Waals surface area contributed by atoms with Gasteiger partial charge >= 0.3 is 0 Å². The molecule has 4 heteroatoms. The molecule has 10 rings (SSSR count). The Labute approximate surface area is 302 Å². The molecule has 0 fully saturated rings. The lowest BCUT2D eigenvalue weighted by molar-refractivity contribution is 0.669. The fourth-order valence-electron chi connectivity index (χ4n) is 8.29. The molecule has 1 aliphatic rings. The van der Waals surface area contributed by atoms with Gasteiger partial charge in [-0.1, -0.05) is 133 Å². The fourth-order valence-corrected chi connectivity index (χ4v) is 8.29. The van der Waals surface area contributed by atoms with E-state index in [-0.39, 0.29) is 0 Å². The number of nitrogens with zero attached hydrogens (tertiary/aromatic N) is 3. The van der Waals surface area contributed by atoms with Crippen LogP contribution in [0.4, 0.5) is 0 Å². The van der Waals surface area contributed by atoms with Gasteiger partial charge in [-0.3, -0.25) is 0 Å². The molecule has 52 heavy (non-hydrogen) atoms. The van der Waals surface area contributed by atoms with Crippen molar-refractivity contribution in [1.82, 2.24) is 15.4 Å². The number of fused-ring (bicyclic) bond motifs is 6. The predicted molar refractivity (Wildman–Crippen MR) is 212 cm³/mol. The Kier molecular flexibility index (Phi) is 6.97. The largest absolute Gasteiger partial charge is 0.456 e. The minimum atomic E-state index is 0.782. The standard InChI is InChI=1S/C48H33N3O/c1-29-27-39-34-20-10-9-19-33(34)28-40(39)43(30(29)2)38-25-26-42-46(37-23-13-14-24-41(37)52-42)45(38)35-21-11-12-22-36(35)48-44(31-15-5-3-6-16-31)47(49-51-50-48)32-17-7-4-8-18-32/h3-27H,28H2,1-2H3. The Bertz CT molecular complexity index is 2840. The molecular formula is C48H33N3O. The third kappa shape index (κ3) is 4.65. The molecule has 0 N–H and O–H groups in total. The molecule has 0 saturated heterocycles. The summed E-state index contributed by atoms with van der Waals surface area (Å²) in [6.07, 6.45) is 0.891. The molecule has 0 unspecified atom stereocenters. The number of furan rings is 1. The first-order valence-corrected chi connectivity index (χ1v) is 17.8. The van der Waals surface area contributed by atoms with Gasteiger partial charge in [-0.15, -0.1) is 10.2 Å². The van der Waals surface area contributed by atoms with E-state index in [0.29, 0.717) is 0 Å². The Morgan fingerprint density at radius 3 is 1.94 bits per heavy atom. The summed E-state index contributed by atoms with van der Waals surface area (Å²) >= 11 is 0. The van der Waals surface area contributed by atoms with Gasteiger partial charge in [0.15, 0.2) is 0 Å². The molecule has 0 aliphatic heterocycles. The van der Waals surface area contributed by atoms with Crippen LogP contribution in [-0.4, -0.2) is 15.4 Å². The molecule has 246 valence electrons. The van der Waals surface area contributed by atoms with Crippen molar-refractivity contribution in [2.24, 2.45) is 0 Å². The van der Waals surface area contributed by atoms with Crippen LogP contribution in [0.5, 0.6) is 0 Å². The van der Waals surface area contributed by atoms with E-state index >= 15 is 0 Å². The molecule has 0 amide bonds. The second-order valence-electron chi connectivity index (χ2n) is 13.7. The van der Waals surface area contributed by atoms with Gasteiger partial charge in [0.25, 0.3) is 0 Å². The van der Waals surface area contributed by atoms with Gasteiger partial charge in [-0.05, 0) is 99.3 Å². The molecule has 9 aromatic rings. The number of rotatable bonds is 5. The maximum absolute atomic E-state index is 6.58. The second-order valence-corrected chi connectivity index (χ2v) is 13.7. The lowest BCUT2D eigenvalue weighted by atomic mass is 9.82. The summed E-state index contributed by atoms with van der Waals surface area (Å²) in [7, 11) is 0. The summed E-state index contributed by atoms with van der Waals surface area (Å²) in [5.74, 6) is 0. The number of para-hydroxylation sites is 1. The molecule has 1 aliphatic carbocycles. The van der Waals surface area contributed by atoms with Crippen molar-refractivity contribution in [1.29, 1.82) is 0 Å². The number of aryl methyl sites for hydroxylation is 1. The van der Waals surface area contributed by atoms with E-state index in [1.54, 1.807) is 0 Å². The van der Waals surface area contributed by atoms with Crippen LogP contribution in [0.2, 0.25) is 0 Å². The van der Waals surface area contributed by atoms with E-state index in [9.17, 15) is 0 Å². The highest BCUT2D eigenvalue weighted by Crippen LogP contribution is 2.51. The van der Waals surface area contributed by atoms with Crippen LogP contribution in [0.3, 0.4) is 0 Å². The van der Waals surface area contributed by atoms with E-state index in [1.165, 1.54) is 44.5 Å². The smallest absolute Gasteiger partial charge is 0.136 e. The van der Waals surface area contributed by atoms with Gasteiger partial charge in [-0.25, -0.2) is 0 Å². The second kappa shape index (κ2) is 12.0. The molecule has 0 saturated carbocycles. The molecule has 2 aromatic heterocycles. The van der Waals surface area contributed by atoms with E-state index in [4.69, 9.17) is 9.52 Å². The van der Waals surface area contributed by atoms with Gasteiger partial charge in [0.05, 0.1) is 0 Å². The fraction of sp³-hybridized carbons (Fsp3) is 0.0625. The van der Waals surface area contributed by atoms with E-state index < -0.39 is 0 Å². The Hall–Kier alpha value is -6.65. The van der Waals surface area contributed by atoms with Crippen molar-refractivity contribution >= 4 is 21.9 Å². The maximum atomic E-state index is 6.58. The average molecular weight is 668 g/mol. The Morgan fingerprint density at radius 2 is 1.13 bits per heavy atom. The van der Waals surface area contributed by atoms with Crippen LogP contribution < -0.4 is 0 Å². The summed E-state index contributed by atoms with van der Waals surface area (Å²) in [5, 5.41) is 16.1. The van der Waals surface area contributed by atoms with Crippen molar-refractivity contribution in [2.45, 2.75) is 20.3 Å². The number of hydrogen-bond acceptors (Lipinski definition) is 4. The van der Waals surface area contributed by atoms with Gasteiger partial charge < -0.3 is 4.42 Å². The van der Waals surface area contributed by atoms with Gasteiger partial charge in [0.2, 0.25) is 0 Å². The zero-order chi connectivity index (χ0) is 34.8. The zero-order valence-corrected chi connectivity index (χ0v) is 28.9. The summed E-state index contributed by atoms with van der Waals surface area (Å²) in [6, 6.07) is 53.3. The van der Waals surface area contributed by atoms with E-state index in [0.717, 1.165) is 73.1 Å². The van der Waals surface area contributed by atoms with Crippen molar-refractivity contribution in [3.8, 4) is 67.0 Å². The van der Waals surface area contributed by atoms with Crippen LogP contribution in [0.25, 0.3) is 89.0 Å². The number of benzene rings is 7. The first-order chi connectivity index (χ1) is 25.7. The zero-order valence-electron chi connectivity index (χ0n) is 28.9. The molecule has 0 radical (unpaired) electrons. The average Bonchev–Trinajstić information content (AvgIpc) is 3.77. The molecule has 0 bridgehead atoms. The van der Waals surface area contributed by atoms with Gasteiger partial charge in [-0.2, -0.15) is 0 Å². The maximum Gasteiger partial charge on any atom is 0.136 e. The molecular weight excluding hydrogens is 635 g/mol. The van der Waals surface area contributed by atoms with Crippen molar-refractivity contribution < 1.29 is 4.42 Å². The Morgan fingerprint density at radius 1 is 0.481 bits per heavy atom. The number of hydrogen-bond donors (Lipinski definition) is 0. The summed E-state index contributed by atoms with van der Waals surface area (Å²) in [6.45, 7) is 4.51. The SMILES string of the molecule is Cc1cc2c(c(-c3ccc4oc5ccccc5c4c3-c3ccccc3-c3nnnc(-c4ccccc4)c3-c3ccccc3)c1C)Cc1ccccc1-2. The molecule has 7 aromatic carbocycles. The van der Waals surface area contributed by atoms with Crippen LogP contribution in [0.15, 0.2) is 156 Å². The molecule has 0 spiro atoms. The quantitative estimate of drug-likeness (QED) is 0.183. The normalized spacial score (nSPS) is 12.0. The predicted octanol–water partition coefficient (Wildman–Crippen LogP) is 12.3. The highest BCUT2D eigenvalue weighted by atomic mass is 16.3. The first kappa shape index (κ1) is 30.2. The van der Waals surface area contributed by atoms with Gasteiger partial charge in [0.1, 0.15) is 22.6 Å². The summed E-state index contributed by atoms with van der Waals surface area (Å²) in [5.41, 5.74) is 19.9. The lowest BCUT2D eigenvalue weighted by Gasteiger charge is -2.21. The molecule has 4 nitrogen and oxygen atoms in total. The minimum absolute atomic E-state index is 0.782. The van der Waals surface area contributed by atoms with Crippen LogP contribution in [-0.2, 0) is 6.42 Å². The summed E-state index contributed by atoms with van der Waals surface area (Å²) in [4.78, 5) is 0. The topological polar surface area (TPSA) is 51.8 Å². The highest BCUT2D eigenvalue weighted by molar-refractivity contribution is 6.18. The molecule has 0 atom stereocenters. The van der Waals surface area contributed by atoms with E-state index in [2.05, 4.69) is 145 Å². The van der Waals surface area contributed by atoms with Crippen molar-refractivity contribution in [2.75, 3.05) is 0 Å². The molecule has 2 heterocycles. The van der Waals surface area contributed by atoms with E-state index in [1.807, 2.05) is 30.3 Å². The lowest BCUT2D eigenvalue weighted by Crippen LogP contribution is -2.02. The van der Waals surface area contributed by atoms with Crippen LogP contribution in [0, 0.1) is 13.8 Å². The Balaban J connectivity index is 1.33. The van der Waals surface area contributed by atoms with Crippen LogP contribution in [0.1, 0.15) is 22.3 Å². The minimum Gasteiger partial charge on any atom is -0.456 e.